The molecule has 6 heteroatoms. The molecule has 0 saturated carbocycles. The average Bonchev–Trinajstić information content (AvgIpc) is 3.18. The molecule has 1 fully saturated rings. The van der Waals surface area contributed by atoms with Crippen LogP contribution in [0.2, 0.25) is 0 Å². The van der Waals surface area contributed by atoms with E-state index in [-0.39, 0.29) is 17.9 Å². The Morgan fingerprint density at radius 3 is 3.05 bits per heavy atom. The molecule has 2 aromatic rings. The molecule has 118 valence electrons. The highest BCUT2D eigenvalue weighted by Crippen LogP contribution is 2.31. The Balaban J connectivity index is 1.76. The molecule has 5 nitrogen and oxygen atoms in total. The van der Waals surface area contributed by atoms with Crippen LogP contribution >= 0.6 is 11.3 Å². The van der Waals surface area contributed by atoms with Crippen molar-refractivity contribution in [2.75, 3.05) is 6.54 Å². The standard InChI is InChI=1S/C16H21N3O2S/c1-11(2)15-17-16(21-18-15)13-7-3-4-8-19(13)14(20)10-12-6-5-9-22-12/h5-6,9,11,13H,3-4,7-8,10H2,1-2H3/t13-/m0/s1. The van der Waals surface area contributed by atoms with Crippen LogP contribution in [0, 0.1) is 0 Å². The summed E-state index contributed by atoms with van der Waals surface area (Å²) in [5, 5.41) is 6.04. The molecule has 0 aliphatic carbocycles. The summed E-state index contributed by atoms with van der Waals surface area (Å²) in [7, 11) is 0. The molecule has 1 atom stereocenters. The molecule has 3 rings (SSSR count). The van der Waals surface area contributed by atoms with E-state index in [4.69, 9.17) is 4.52 Å². The lowest BCUT2D eigenvalue weighted by Gasteiger charge is -2.33. The van der Waals surface area contributed by atoms with Gasteiger partial charge in [0.25, 0.3) is 0 Å². The van der Waals surface area contributed by atoms with Gasteiger partial charge in [0.2, 0.25) is 11.8 Å². The number of hydrogen-bond donors (Lipinski definition) is 0. The van der Waals surface area contributed by atoms with E-state index in [2.05, 4.69) is 10.1 Å². The van der Waals surface area contributed by atoms with Crippen molar-refractivity contribution < 1.29 is 9.32 Å². The van der Waals surface area contributed by atoms with E-state index in [0.29, 0.717) is 18.1 Å². The monoisotopic (exact) mass is 319 g/mol. The first-order chi connectivity index (χ1) is 10.6. The van der Waals surface area contributed by atoms with Gasteiger partial charge in [0.15, 0.2) is 5.82 Å². The van der Waals surface area contributed by atoms with Crippen molar-refractivity contribution in [3.05, 3.63) is 34.1 Å². The average molecular weight is 319 g/mol. The van der Waals surface area contributed by atoms with Gasteiger partial charge < -0.3 is 9.42 Å². The fraction of sp³-hybridized carbons (Fsp3) is 0.562. The molecule has 2 aromatic heterocycles. The van der Waals surface area contributed by atoms with E-state index in [1.165, 1.54) is 0 Å². The van der Waals surface area contributed by atoms with E-state index in [0.717, 1.165) is 30.7 Å². The Morgan fingerprint density at radius 1 is 1.50 bits per heavy atom. The molecule has 0 spiro atoms. The lowest BCUT2D eigenvalue weighted by Crippen LogP contribution is -2.39. The summed E-state index contributed by atoms with van der Waals surface area (Å²) < 4.78 is 5.43. The van der Waals surface area contributed by atoms with Crippen LogP contribution in [-0.2, 0) is 11.2 Å². The van der Waals surface area contributed by atoms with Crippen molar-refractivity contribution in [2.24, 2.45) is 0 Å². The predicted molar refractivity (Wildman–Crippen MR) is 84.7 cm³/mol. The number of carbonyl (C=O) groups excluding carboxylic acids is 1. The van der Waals surface area contributed by atoms with Gasteiger partial charge in [-0.1, -0.05) is 25.1 Å². The summed E-state index contributed by atoms with van der Waals surface area (Å²) in [6, 6.07) is 3.92. The number of piperidine rings is 1. The molecule has 0 unspecified atom stereocenters. The second-order valence-electron chi connectivity index (χ2n) is 6.00. The summed E-state index contributed by atoms with van der Waals surface area (Å²) in [6.45, 7) is 4.85. The first kappa shape index (κ1) is 15.2. The number of thiophene rings is 1. The third-order valence-corrected chi connectivity index (χ3v) is 4.86. The highest BCUT2D eigenvalue weighted by atomic mass is 32.1. The third kappa shape index (κ3) is 3.21. The van der Waals surface area contributed by atoms with Crippen molar-refractivity contribution >= 4 is 17.2 Å². The van der Waals surface area contributed by atoms with Gasteiger partial charge in [-0.15, -0.1) is 11.3 Å². The van der Waals surface area contributed by atoms with Crippen LogP contribution < -0.4 is 0 Å². The number of rotatable bonds is 4. The smallest absolute Gasteiger partial charge is 0.249 e. The zero-order valence-electron chi connectivity index (χ0n) is 13.0. The number of aromatic nitrogens is 2. The Hall–Kier alpha value is -1.69. The molecule has 0 radical (unpaired) electrons. The van der Waals surface area contributed by atoms with Crippen LogP contribution in [0.1, 0.15) is 61.7 Å². The summed E-state index contributed by atoms with van der Waals surface area (Å²) in [5.74, 6) is 1.68. The molecule has 1 aliphatic heterocycles. The molecule has 0 bridgehead atoms. The number of nitrogens with zero attached hydrogens (tertiary/aromatic N) is 3. The minimum atomic E-state index is -0.0683. The maximum atomic E-state index is 12.6. The topological polar surface area (TPSA) is 59.2 Å². The van der Waals surface area contributed by atoms with Crippen LogP contribution in [0.25, 0.3) is 0 Å². The van der Waals surface area contributed by atoms with Crippen LogP contribution in [-0.4, -0.2) is 27.5 Å². The van der Waals surface area contributed by atoms with Gasteiger partial charge in [0, 0.05) is 17.3 Å². The quantitative estimate of drug-likeness (QED) is 0.864. The lowest BCUT2D eigenvalue weighted by molar-refractivity contribution is -0.134. The zero-order valence-corrected chi connectivity index (χ0v) is 13.8. The van der Waals surface area contributed by atoms with Gasteiger partial charge in [0.1, 0.15) is 6.04 Å². The van der Waals surface area contributed by atoms with Crippen LogP contribution in [0.3, 0.4) is 0 Å². The fourth-order valence-electron chi connectivity index (χ4n) is 2.77. The van der Waals surface area contributed by atoms with Gasteiger partial charge in [-0.05, 0) is 30.7 Å². The van der Waals surface area contributed by atoms with E-state index in [1.54, 1.807) is 11.3 Å². The van der Waals surface area contributed by atoms with Crippen LogP contribution in [0.5, 0.6) is 0 Å². The molecule has 3 heterocycles. The van der Waals surface area contributed by atoms with Crippen LogP contribution in [0.4, 0.5) is 0 Å². The first-order valence-corrected chi connectivity index (χ1v) is 8.68. The van der Waals surface area contributed by atoms with Gasteiger partial charge in [0.05, 0.1) is 6.42 Å². The SMILES string of the molecule is CC(C)c1noc([C@@H]2CCCCN2C(=O)Cc2cccs2)n1. The van der Waals surface area contributed by atoms with E-state index >= 15 is 0 Å². The summed E-state index contributed by atoms with van der Waals surface area (Å²) in [6.07, 6.45) is 3.49. The summed E-state index contributed by atoms with van der Waals surface area (Å²) in [5.41, 5.74) is 0. The molecule has 1 saturated heterocycles. The van der Waals surface area contributed by atoms with Crippen molar-refractivity contribution in [1.29, 1.82) is 0 Å². The van der Waals surface area contributed by atoms with Crippen molar-refractivity contribution in [1.82, 2.24) is 15.0 Å². The zero-order chi connectivity index (χ0) is 15.5. The molecule has 1 aliphatic rings. The Kier molecular flexibility index (Phi) is 4.57. The molecule has 0 N–H and O–H groups in total. The first-order valence-electron chi connectivity index (χ1n) is 7.80. The van der Waals surface area contributed by atoms with Gasteiger partial charge in [-0.25, -0.2) is 0 Å². The van der Waals surface area contributed by atoms with E-state index < -0.39 is 0 Å². The van der Waals surface area contributed by atoms with Crippen molar-refractivity contribution in [3.63, 3.8) is 0 Å². The molecule has 0 aromatic carbocycles. The fourth-order valence-corrected chi connectivity index (χ4v) is 3.46. The Morgan fingerprint density at radius 2 is 2.36 bits per heavy atom. The van der Waals surface area contributed by atoms with Crippen LogP contribution in [0.15, 0.2) is 22.0 Å². The number of likely N-dealkylation sites (tertiary alicyclic amines) is 1. The molecular weight excluding hydrogens is 298 g/mol. The molecular formula is C16H21N3O2S. The van der Waals surface area contributed by atoms with Gasteiger partial charge in [-0.3, -0.25) is 4.79 Å². The molecule has 22 heavy (non-hydrogen) atoms. The number of amides is 1. The highest BCUT2D eigenvalue weighted by molar-refractivity contribution is 7.10. The van der Waals surface area contributed by atoms with Gasteiger partial charge in [-0.2, -0.15) is 4.98 Å². The number of hydrogen-bond acceptors (Lipinski definition) is 5. The Bertz CT molecular complexity index is 621. The van der Waals surface area contributed by atoms with E-state index in [1.807, 2.05) is 36.3 Å². The maximum absolute atomic E-state index is 12.6. The minimum absolute atomic E-state index is 0.0683. The molecule has 1 amide bonds. The predicted octanol–water partition coefficient (Wildman–Crippen LogP) is 3.55. The highest BCUT2D eigenvalue weighted by Gasteiger charge is 2.32. The lowest BCUT2D eigenvalue weighted by atomic mass is 10.0. The normalized spacial score (nSPS) is 18.9. The second kappa shape index (κ2) is 6.60. The summed E-state index contributed by atoms with van der Waals surface area (Å²) in [4.78, 5) is 20.1. The van der Waals surface area contributed by atoms with Gasteiger partial charge >= 0.3 is 0 Å². The number of carbonyl (C=O) groups is 1. The Labute approximate surface area is 134 Å². The third-order valence-electron chi connectivity index (χ3n) is 3.99. The maximum Gasteiger partial charge on any atom is 0.249 e. The largest absolute Gasteiger partial charge is 0.337 e. The second-order valence-corrected chi connectivity index (χ2v) is 7.03. The van der Waals surface area contributed by atoms with E-state index in [9.17, 15) is 4.79 Å². The van der Waals surface area contributed by atoms with Crippen molar-refractivity contribution in [3.8, 4) is 0 Å². The minimum Gasteiger partial charge on any atom is -0.337 e. The van der Waals surface area contributed by atoms with Crippen molar-refractivity contribution in [2.45, 2.75) is 51.5 Å². The summed E-state index contributed by atoms with van der Waals surface area (Å²) >= 11 is 1.62.